The summed E-state index contributed by atoms with van der Waals surface area (Å²) in [5.74, 6) is -1.58. The molecule has 0 saturated heterocycles. The third kappa shape index (κ3) is 2.52. The monoisotopic (exact) mass is 278 g/mol. The van der Waals surface area contributed by atoms with Crippen LogP contribution in [0.25, 0.3) is 0 Å². The molecule has 2 rings (SSSR count). The van der Waals surface area contributed by atoms with Gasteiger partial charge in [-0.25, -0.2) is 4.79 Å². The first-order chi connectivity index (χ1) is 9.00. The summed E-state index contributed by atoms with van der Waals surface area (Å²) in [6, 6.07) is 4.32. The normalized spacial score (nSPS) is 10.2. The molecule has 0 spiro atoms. The summed E-state index contributed by atoms with van der Waals surface area (Å²) in [5.41, 5.74) is 6.24. The molecule has 0 aliphatic heterocycles. The van der Waals surface area contributed by atoms with Gasteiger partial charge in [-0.05, 0) is 29.7 Å². The molecule has 1 heterocycles. The summed E-state index contributed by atoms with van der Waals surface area (Å²) >= 11 is 1.05. The zero-order valence-electron chi connectivity index (χ0n) is 9.90. The van der Waals surface area contributed by atoms with E-state index in [0.29, 0.717) is 5.69 Å². The van der Waals surface area contributed by atoms with Gasteiger partial charge in [-0.15, -0.1) is 5.10 Å². The van der Waals surface area contributed by atoms with Crippen molar-refractivity contribution in [1.29, 1.82) is 0 Å². The number of carboxylic acids is 1. The van der Waals surface area contributed by atoms with Crippen molar-refractivity contribution in [3.63, 3.8) is 0 Å². The van der Waals surface area contributed by atoms with E-state index in [4.69, 9.17) is 10.8 Å². The van der Waals surface area contributed by atoms with E-state index < -0.39 is 11.9 Å². The zero-order valence-corrected chi connectivity index (χ0v) is 10.7. The van der Waals surface area contributed by atoms with E-state index in [9.17, 15) is 9.59 Å². The van der Waals surface area contributed by atoms with Gasteiger partial charge in [0, 0.05) is 18.1 Å². The standard InChI is InChI=1S/C11H10N4O3S/c1-15(10(16)8-5-19-14-13-8)9-3-2-6(12)4-7(9)11(17)18/h2-5H,12H2,1H3,(H,17,18). The fourth-order valence-electron chi connectivity index (χ4n) is 1.56. The lowest BCUT2D eigenvalue weighted by molar-refractivity contribution is 0.0698. The molecule has 0 bridgehead atoms. The van der Waals surface area contributed by atoms with E-state index in [1.54, 1.807) is 0 Å². The van der Waals surface area contributed by atoms with Crippen LogP contribution in [0.3, 0.4) is 0 Å². The molecule has 2 aromatic rings. The topological polar surface area (TPSA) is 109 Å². The summed E-state index contributed by atoms with van der Waals surface area (Å²) < 4.78 is 3.60. The number of carboxylic acid groups (broad SMARTS) is 1. The van der Waals surface area contributed by atoms with Crippen molar-refractivity contribution >= 4 is 34.8 Å². The largest absolute Gasteiger partial charge is 0.478 e. The number of nitrogen functional groups attached to an aromatic ring is 1. The lowest BCUT2D eigenvalue weighted by Crippen LogP contribution is -2.28. The van der Waals surface area contributed by atoms with Gasteiger partial charge in [0.15, 0.2) is 5.69 Å². The van der Waals surface area contributed by atoms with Crippen LogP contribution in [0.4, 0.5) is 11.4 Å². The van der Waals surface area contributed by atoms with Crippen LogP contribution < -0.4 is 10.6 Å². The Morgan fingerprint density at radius 1 is 1.42 bits per heavy atom. The van der Waals surface area contributed by atoms with Crippen molar-refractivity contribution in [3.05, 3.63) is 34.8 Å². The molecule has 0 atom stereocenters. The summed E-state index contributed by atoms with van der Waals surface area (Å²) in [5, 5.41) is 14.3. The minimum Gasteiger partial charge on any atom is -0.478 e. The third-order valence-corrected chi connectivity index (χ3v) is 3.00. The first-order valence-electron chi connectivity index (χ1n) is 5.18. The number of hydrogen-bond acceptors (Lipinski definition) is 6. The molecular formula is C11H10N4O3S. The second-order valence-corrected chi connectivity index (χ2v) is 4.35. The SMILES string of the molecule is CN(C(=O)c1csnn1)c1ccc(N)cc1C(=O)O. The number of nitrogens with zero attached hydrogens (tertiary/aromatic N) is 3. The summed E-state index contributed by atoms with van der Waals surface area (Å²) in [6.45, 7) is 0. The second-order valence-electron chi connectivity index (χ2n) is 3.74. The highest BCUT2D eigenvalue weighted by Crippen LogP contribution is 2.23. The van der Waals surface area contributed by atoms with Gasteiger partial charge in [0.2, 0.25) is 0 Å². The van der Waals surface area contributed by atoms with Crippen molar-refractivity contribution < 1.29 is 14.7 Å². The average Bonchev–Trinajstić information content (AvgIpc) is 2.90. The number of carbonyl (C=O) groups is 2. The van der Waals surface area contributed by atoms with Gasteiger partial charge in [-0.2, -0.15) is 0 Å². The Morgan fingerprint density at radius 2 is 2.16 bits per heavy atom. The molecule has 0 saturated carbocycles. The minimum absolute atomic E-state index is 0.0426. The number of benzene rings is 1. The number of nitrogens with two attached hydrogens (primary N) is 1. The van der Waals surface area contributed by atoms with Gasteiger partial charge < -0.3 is 15.7 Å². The van der Waals surface area contributed by atoms with Gasteiger partial charge in [-0.1, -0.05) is 4.49 Å². The fourth-order valence-corrected chi connectivity index (χ4v) is 1.99. The van der Waals surface area contributed by atoms with Gasteiger partial charge in [0.25, 0.3) is 5.91 Å². The Morgan fingerprint density at radius 3 is 2.74 bits per heavy atom. The maximum atomic E-state index is 12.1. The number of amides is 1. The molecule has 0 aliphatic carbocycles. The zero-order chi connectivity index (χ0) is 14.0. The van der Waals surface area contributed by atoms with E-state index in [1.165, 1.54) is 35.5 Å². The predicted octanol–water partition coefficient (Wildman–Crippen LogP) is 1.10. The molecule has 0 unspecified atom stereocenters. The lowest BCUT2D eigenvalue weighted by atomic mass is 10.1. The van der Waals surface area contributed by atoms with Crippen molar-refractivity contribution in [2.75, 3.05) is 17.7 Å². The molecule has 0 radical (unpaired) electrons. The molecule has 0 fully saturated rings. The highest BCUT2D eigenvalue weighted by molar-refractivity contribution is 7.03. The highest BCUT2D eigenvalue weighted by atomic mass is 32.1. The Balaban J connectivity index is 2.41. The van der Waals surface area contributed by atoms with E-state index in [1.807, 2.05) is 0 Å². The van der Waals surface area contributed by atoms with Gasteiger partial charge in [0.1, 0.15) is 0 Å². The number of hydrogen-bond donors (Lipinski definition) is 2. The van der Waals surface area contributed by atoms with Crippen LogP contribution in [0.1, 0.15) is 20.8 Å². The molecule has 1 amide bonds. The predicted molar refractivity (Wildman–Crippen MR) is 70.5 cm³/mol. The number of anilines is 2. The summed E-state index contributed by atoms with van der Waals surface area (Å²) in [4.78, 5) is 24.4. The van der Waals surface area contributed by atoms with Crippen LogP contribution in [-0.2, 0) is 0 Å². The van der Waals surface area contributed by atoms with Crippen LogP contribution in [0.2, 0.25) is 0 Å². The molecule has 1 aromatic carbocycles. The Bertz CT molecular complexity index is 627. The van der Waals surface area contributed by atoms with Crippen LogP contribution in [-0.4, -0.2) is 33.6 Å². The molecular weight excluding hydrogens is 268 g/mol. The number of carbonyl (C=O) groups excluding carboxylic acids is 1. The summed E-state index contributed by atoms with van der Waals surface area (Å²) in [7, 11) is 1.47. The lowest BCUT2D eigenvalue weighted by Gasteiger charge is -2.18. The molecule has 19 heavy (non-hydrogen) atoms. The van der Waals surface area contributed by atoms with Crippen molar-refractivity contribution in [3.8, 4) is 0 Å². The molecule has 1 aromatic heterocycles. The first-order valence-corrected chi connectivity index (χ1v) is 6.02. The molecule has 7 nitrogen and oxygen atoms in total. The maximum Gasteiger partial charge on any atom is 0.337 e. The van der Waals surface area contributed by atoms with Crippen molar-refractivity contribution in [1.82, 2.24) is 9.59 Å². The molecule has 3 N–H and O–H groups in total. The average molecular weight is 278 g/mol. The second kappa shape index (κ2) is 5.02. The third-order valence-electron chi connectivity index (χ3n) is 2.50. The Hall–Kier alpha value is -2.48. The van der Waals surface area contributed by atoms with Crippen LogP contribution in [0, 0.1) is 0 Å². The van der Waals surface area contributed by atoms with E-state index in [2.05, 4.69) is 9.59 Å². The number of rotatable bonds is 3. The minimum atomic E-state index is -1.15. The first kappa shape index (κ1) is 13.0. The number of aromatic nitrogens is 2. The maximum absolute atomic E-state index is 12.1. The quantitative estimate of drug-likeness (QED) is 0.813. The summed E-state index contributed by atoms with van der Waals surface area (Å²) in [6.07, 6.45) is 0. The fraction of sp³-hybridized carbons (Fsp3) is 0.0909. The van der Waals surface area contributed by atoms with E-state index in [-0.39, 0.29) is 16.9 Å². The van der Waals surface area contributed by atoms with Crippen LogP contribution in [0.15, 0.2) is 23.6 Å². The molecule has 8 heteroatoms. The van der Waals surface area contributed by atoms with Gasteiger partial charge in [-0.3, -0.25) is 4.79 Å². The number of aromatic carboxylic acids is 1. The Kier molecular flexibility index (Phi) is 3.43. The van der Waals surface area contributed by atoms with Gasteiger partial charge >= 0.3 is 5.97 Å². The van der Waals surface area contributed by atoms with Crippen molar-refractivity contribution in [2.45, 2.75) is 0 Å². The highest BCUT2D eigenvalue weighted by Gasteiger charge is 2.21. The smallest absolute Gasteiger partial charge is 0.337 e. The van der Waals surface area contributed by atoms with Crippen LogP contribution in [0.5, 0.6) is 0 Å². The van der Waals surface area contributed by atoms with Crippen molar-refractivity contribution in [2.24, 2.45) is 0 Å². The van der Waals surface area contributed by atoms with E-state index >= 15 is 0 Å². The van der Waals surface area contributed by atoms with Gasteiger partial charge in [0.05, 0.1) is 11.3 Å². The van der Waals surface area contributed by atoms with Crippen LogP contribution >= 0.6 is 11.5 Å². The molecule has 0 aliphatic rings. The Labute approximate surface area is 112 Å². The molecule has 98 valence electrons. The van der Waals surface area contributed by atoms with E-state index in [0.717, 1.165) is 11.5 Å².